The third-order valence-corrected chi connectivity index (χ3v) is 5.82. The van der Waals surface area contributed by atoms with Crippen molar-refractivity contribution < 1.29 is 18.5 Å². The van der Waals surface area contributed by atoms with Crippen molar-refractivity contribution in [2.75, 3.05) is 6.61 Å². The van der Waals surface area contributed by atoms with E-state index in [-0.39, 0.29) is 12.7 Å². The predicted octanol–water partition coefficient (Wildman–Crippen LogP) is 6.23. The summed E-state index contributed by atoms with van der Waals surface area (Å²) in [5, 5.41) is 0. The zero-order valence-corrected chi connectivity index (χ0v) is 16.1. The maximum absolute atomic E-state index is 11.8. The van der Waals surface area contributed by atoms with Gasteiger partial charge in [-0.1, -0.05) is 65.2 Å². The van der Waals surface area contributed by atoms with Crippen LogP contribution in [0.4, 0.5) is 0 Å². The average molecular weight is 348 g/mol. The lowest BCUT2D eigenvalue weighted by atomic mass is 9.84. The smallest absolute Gasteiger partial charge is 0.302 e. The van der Waals surface area contributed by atoms with E-state index in [0.717, 1.165) is 38.0 Å². The second kappa shape index (κ2) is 12.5. The second-order valence-electron chi connectivity index (χ2n) is 6.96. The summed E-state index contributed by atoms with van der Waals surface area (Å²) < 4.78 is 22.0. The van der Waals surface area contributed by atoms with Crippen molar-refractivity contribution in [2.24, 2.45) is 5.92 Å². The lowest BCUT2D eigenvalue weighted by molar-refractivity contribution is 0.0703. The van der Waals surface area contributed by atoms with E-state index in [1.165, 1.54) is 51.4 Å². The normalized spacial score (nSPS) is 24.5. The molecule has 1 fully saturated rings. The van der Waals surface area contributed by atoms with E-state index in [0.29, 0.717) is 0 Å². The van der Waals surface area contributed by atoms with Gasteiger partial charge in [-0.3, -0.25) is 9.05 Å². The molecule has 0 aliphatic heterocycles. The summed E-state index contributed by atoms with van der Waals surface area (Å²) in [6.07, 6.45) is 15.5. The van der Waals surface area contributed by atoms with Crippen LogP contribution in [0.15, 0.2) is 0 Å². The van der Waals surface area contributed by atoms with Crippen molar-refractivity contribution in [2.45, 2.75) is 103 Å². The van der Waals surface area contributed by atoms with Crippen molar-refractivity contribution in [1.82, 2.24) is 0 Å². The van der Waals surface area contributed by atoms with Gasteiger partial charge in [-0.2, -0.15) is 0 Å². The number of rotatable bonds is 13. The zero-order chi connectivity index (χ0) is 17.0. The highest BCUT2D eigenvalue weighted by molar-refractivity contribution is 7.47. The first kappa shape index (κ1) is 21.2. The molecule has 0 radical (unpaired) electrons. The van der Waals surface area contributed by atoms with Gasteiger partial charge in [-0.25, -0.2) is 4.57 Å². The van der Waals surface area contributed by atoms with Crippen molar-refractivity contribution in [3.63, 3.8) is 0 Å². The van der Waals surface area contributed by atoms with Gasteiger partial charge in [0.1, 0.15) is 0 Å². The Kier molecular flexibility index (Phi) is 11.5. The Labute approximate surface area is 143 Å². The summed E-state index contributed by atoms with van der Waals surface area (Å²) in [7, 11) is -3.84. The monoisotopic (exact) mass is 348 g/mol. The largest absolute Gasteiger partial charge is 0.472 e. The first-order chi connectivity index (χ1) is 11.1. The van der Waals surface area contributed by atoms with Crippen LogP contribution in [-0.2, 0) is 13.6 Å². The maximum atomic E-state index is 11.8. The zero-order valence-electron chi connectivity index (χ0n) is 15.2. The lowest BCUT2D eigenvalue weighted by Crippen LogP contribution is -2.21. The Morgan fingerprint density at radius 3 is 2.13 bits per heavy atom. The van der Waals surface area contributed by atoms with Gasteiger partial charge in [0.15, 0.2) is 0 Å². The molecule has 0 aromatic rings. The van der Waals surface area contributed by atoms with Gasteiger partial charge in [-0.15, -0.1) is 0 Å². The maximum Gasteiger partial charge on any atom is 0.472 e. The number of phosphoric ester groups is 1. The first-order valence-corrected chi connectivity index (χ1v) is 11.2. The van der Waals surface area contributed by atoms with E-state index >= 15 is 0 Å². The van der Waals surface area contributed by atoms with Crippen LogP contribution in [0.2, 0.25) is 0 Å². The molecule has 4 nitrogen and oxygen atoms in total. The molecule has 1 rings (SSSR count). The fourth-order valence-electron chi connectivity index (χ4n) is 3.34. The van der Waals surface area contributed by atoms with E-state index in [2.05, 4.69) is 6.92 Å². The number of hydrogen-bond acceptors (Lipinski definition) is 3. The van der Waals surface area contributed by atoms with Crippen LogP contribution < -0.4 is 0 Å². The highest BCUT2D eigenvalue weighted by atomic mass is 31.2. The second-order valence-corrected chi connectivity index (χ2v) is 8.37. The molecule has 1 unspecified atom stereocenters. The van der Waals surface area contributed by atoms with Crippen molar-refractivity contribution in [3.05, 3.63) is 0 Å². The van der Waals surface area contributed by atoms with Crippen molar-refractivity contribution >= 4 is 7.82 Å². The molecule has 0 aromatic carbocycles. The summed E-state index contributed by atoms with van der Waals surface area (Å²) >= 11 is 0. The molecule has 1 atom stereocenters. The molecule has 0 spiro atoms. The Morgan fingerprint density at radius 1 is 0.913 bits per heavy atom. The predicted molar refractivity (Wildman–Crippen MR) is 95.5 cm³/mol. The molecule has 0 amide bonds. The van der Waals surface area contributed by atoms with E-state index in [1.54, 1.807) is 0 Å². The molecular formula is C18H37O4P. The van der Waals surface area contributed by atoms with Gasteiger partial charge in [0.05, 0.1) is 12.7 Å². The SMILES string of the molecule is CCCCCCCCC[C@H]1CC[C@H](OP(=O)(O)OCCC)CC1. The topological polar surface area (TPSA) is 55.8 Å². The van der Waals surface area contributed by atoms with Gasteiger partial charge >= 0.3 is 7.82 Å². The highest BCUT2D eigenvalue weighted by Crippen LogP contribution is 2.47. The molecule has 5 heteroatoms. The quantitative estimate of drug-likeness (QED) is 0.317. The molecule has 1 saturated carbocycles. The van der Waals surface area contributed by atoms with E-state index < -0.39 is 7.82 Å². The third-order valence-electron chi connectivity index (χ3n) is 4.75. The first-order valence-electron chi connectivity index (χ1n) is 9.73. The summed E-state index contributed by atoms with van der Waals surface area (Å²) in [6.45, 7) is 4.45. The van der Waals surface area contributed by atoms with Crippen LogP contribution in [0, 0.1) is 5.92 Å². The summed E-state index contributed by atoms with van der Waals surface area (Å²) in [6, 6.07) is 0. The Hall–Kier alpha value is 0.110. The van der Waals surface area contributed by atoms with Gasteiger partial charge in [0.2, 0.25) is 0 Å². The molecule has 23 heavy (non-hydrogen) atoms. The van der Waals surface area contributed by atoms with Crippen LogP contribution in [0.25, 0.3) is 0 Å². The van der Waals surface area contributed by atoms with Crippen LogP contribution in [0.3, 0.4) is 0 Å². The van der Waals surface area contributed by atoms with Gasteiger partial charge in [0.25, 0.3) is 0 Å². The molecular weight excluding hydrogens is 311 g/mol. The number of hydrogen-bond donors (Lipinski definition) is 1. The summed E-state index contributed by atoms with van der Waals surface area (Å²) in [4.78, 5) is 9.64. The summed E-state index contributed by atoms with van der Waals surface area (Å²) in [5.74, 6) is 0.778. The van der Waals surface area contributed by atoms with Gasteiger partial charge < -0.3 is 4.89 Å². The van der Waals surface area contributed by atoms with Gasteiger partial charge in [0, 0.05) is 0 Å². The Balaban J connectivity index is 2.05. The van der Waals surface area contributed by atoms with Crippen LogP contribution in [0.1, 0.15) is 97.3 Å². The van der Waals surface area contributed by atoms with Crippen molar-refractivity contribution in [1.29, 1.82) is 0 Å². The standard InChI is InChI=1S/C18H37O4P/c1-3-5-6-7-8-9-10-11-17-12-14-18(15-13-17)22-23(19,20)21-16-4-2/h17-18H,3-16H2,1-2H3,(H,19,20)/t17-,18-. The fourth-order valence-corrected chi connectivity index (χ4v) is 4.40. The average Bonchev–Trinajstić information content (AvgIpc) is 2.53. The fraction of sp³-hybridized carbons (Fsp3) is 1.00. The highest BCUT2D eigenvalue weighted by Gasteiger charge is 2.29. The lowest BCUT2D eigenvalue weighted by Gasteiger charge is -2.29. The van der Waals surface area contributed by atoms with E-state index in [1.807, 2.05) is 6.92 Å². The third kappa shape index (κ3) is 10.6. The van der Waals surface area contributed by atoms with E-state index in [4.69, 9.17) is 9.05 Å². The molecule has 1 aliphatic carbocycles. The molecule has 0 bridgehead atoms. The molecule has 1 aliphatic rings. The Bertz CT molecular complexity index is 327. The van der Waals surface area contributed by atoms with Crippen LogP contribution in [-0.4, -0.2) is 17.6 Å². The minimum atomic E-state index is -3.84. The molecule has 0 saturated heterocycles. The Morgan fingerprint density at radius 2 is 1.52 bits per heavy atom. The molecule has 0 heterocycles. The molecule has 0 aromatic heterocycles. The van der Waals surface area contributed by atoms with Crippen LogP contribution >= 0.6 is 7.82 Å². The molecule has 138 valence electrons. The summed E-state index contributed by atoms with van der Waals surface area (Å²) in [5.41, 5.74) is 0. The van der Waals surface area contributed by atoms with Gasteiger partial charge in [-0.05, 0) is 38.0 Å². The number of phosphoric acid groups is 1. The minimum absolute atomic E-state index is 0.104. The minimum Gasteiger partial charge on any atom is -0.302 e. The van der Waals surface area contributed by atoms with Crippen LogP contribution in [0.5, 0.6) is 0 Å². The van der Waals surface area contributed by atoms with Crippen molar-refractivity contribution in [3.8, 4) is 0 Å². The number of unbranched alkanes of at least 4 members (excludes halogenated alkanes) is 6. The molecule has 1 N–H and O–H groups in total. The van der Waals surface area contributed by atoms with E-state index in [9.17, 15) is 9.46 Å².